The summed E-state index contributed by atoms with van der Waals surface area (Å²) >= 11 is 3.29. The SMILES string of the molecule is CCC(C)CC(C)NS(=O)(=O)c1cc(Br)cc(N)c1C. The number of rotatable bonds is 6. The van der Waals surface area contributed by atoms with E-state index in [1.165, 1.54) is 0 Å². The molecule has 0 heterocycles. The van der Waals surface area contributed by atoms with E-state index in [1.807, 2.05) is 6.92 Å². The van der Waals surface area contributed by atoms with Crippen molar-refractivity contribution in [3.8, 4) is 0 Å². The Hall–Kier alpha value is -0.590. The summed E-state index contributed by atoms with van der Waals surface area (Å²) in [7, 11) is -3.55. The molecule has 0 aliphatic heterocycles. The van der Waals surface area contributed by atoms with Gasteiger partial charge in [0.05, 0.1) is 4.90 Å². The summed E-state index contributed by atoms with van der Waals surface area (Å²) in [5, 5.41) is 0. The molecule has 0 spiro atoms. The lowest BCUT2D eigenvalue weighted by Crippen LogP contribution is -2.34. The lowest BCUT2D eigenvalue weighted by molar-refractivity contribution is 0.445. The fourth-order valence-electron chi connectivity index (χ4n) is 2.10. The third-order valence-corrected chi connectivity index (χ3v) is 5.64. The van der Waals surface area contributed by atoms with E-state index in [9.17, 15) is 8.42 Å². The Labute approximate surface area is 130 Å². The van der Waals surface area contributed by atoms with E-state index in [-0.39, 0.29) is 10.9 Å². The first-order chi connectivity index (χ1) is 9.17. The highest BCUT2D eigenvalue weighted by Crippen LogP contribution is 2.26. The maximum atomic E-state index is 12.5. The molecule has 0 aromatic heterocycles. The molecule has 6 heteroatoms. The molecule has 1 aromatic carbocycles. The lowest BCUT2D eigenvalue weighted by atomic mass is 10.0. The minimum Gasteiger partial charge on any atom is -0.398 e. The molecule has 0 radical (unpaired) electrons. The number of halogens is 1. The fraction of sp³-hybridized carbons (Fsp3) is 0.571. The van der Waals surface area contributed by atoms with Crippen LogP contribution in [-0.4, -0.2) is 14.5 Å². The molecule has 0 saturated heterocycles. The number of hydrogen-bond acceptors (Lipinski definition) is 3. The first kappa shape index (κ1) is 17.5. The van der Waals surface area contributed by atoms with Crippen molar-refractivity contribution in [3.05, 3.63) is 22.2 Å². The van der Waals surface area contributed by atoms with E-state index in [4.69, 9.17) is 5.73 Å². The zero-order chi connectivity index (χ0) is 15.5. The van der Waals surface area contributed by atoms with Gasteiger partial charge < -0.3 is 5.73 Å². The highest BCUT2D eigenvalue weighted by molar-refractivity contribution is 9.10. The van der Waals surface area contributed by atoms with Crippen LogP contribution >= 0.6 is 15.9 Å². The van der Waals surface area contributed by atoms with Crippen LogP contribution in [0.3, 0.4) is 0 Å². The highest BCUT2D eigenvalue weighted by atomic mass is 79.9. The molecule has 2 unspecified atom stereocenters. The summed E-state index contributed by atoms with van der Waals surface area (Å²) in [5.74, 6) is 0.487. The number of nitrogens with two attached hydrogens (primary N) is 1. The van der Waals surface area contributed by atoms with Gasteiger partial charge in [0.15, 0.2) is 0 Å². The van der Waals surface area contributed by atoms with Crippen molar-refractivity contribution in [2.24, 2.45) is 5.92 Å². The van der Waals surface area contributed by atoms with Gasteiger partial charge in [0.2, 0.25) is 10.0 Å². The van der Waals surface area contributed by atoms with Crippen molar-refractivity contribution >= 4 is 31.6 Å². The molecule has 2 atom stereocenters. The molecule has 0 bridgehead atoms. The number of nitrogen functional groups attached to an aromatic ring is 1. The minimum atomic E-state index is -3.55. The normalized spacial score (nSPS) is 15.1. The maximum absolute atomic E-state index is 12.5. The summed E-state index contributed by atoms with van der Waals surface area (Å²) in [5.41, 5.74) is 6.88. The van der Waals surface area contributed by atoms with Crippen LogP contribution in [0.15, 0.2) is 21.5 Å². The van der Waals surface area contributed by atoms with Gasteiger partial charge in [-0.05, 0) is 43.9 Å². The first-order valence-corrected chi connectivity index (χ1v) is 9.03. The largest absolute Gasteiger partial charge is 0.398 e. The Bertz CT molecular complexity index is 573. The molecular weight excluding hydrogens is 340 g/mol. The second-order valence-corrected chi connectivity index (χ2v) is 7.99. The fourth-order valence-corrected chi connectivity index (χ4v) is 4.28. The Morgan fingerprint density at radius 3 is 2.50 bits per heavy atom. The van der Waals surface area contributed by atoms with Crippen molar-refractivity contribution in [2.75, 3.05) is 5.73 Å². The van der Waals surface area contributed by atoms with Gasteiger partial charge in [0, 0.05) is 16.2 Å². The van der Waals surface area contributed by atoms with Crippen LogP contribution in [0.25, 0.3) is 0 Å². The number of sulfonamides is 1. The summed E-state index contributed by atoms with van der Waals surface area (Å²) in [6.45, 7) is 7.83. The number of hydrogen-bond donors (Lipinski definition) is 2. The molecule has 4 nitrogen and oxygen atoms in total. The third-order valence-electron chi connectivity index (χ3n) is 3.46. The van der Waals surface area contributed by atoms with E-state index in [0.29, 0.717) is 21.6 Å². The lowest BCUT2D eigenvalue weighted by Gasteiger charge is -2.19. The van der Waals surface area contributed by atoms with Crippen molar-refractivity contribution in [2.45, 2.75) is 51.5 Å². The van der Waals surface area contributed by atoms with Crippen molar-refractivity contribution in [1.82, 2.24) is 4.72 Å². The predicted octanol–water partition coefficient (Wildman–Crippen LogP) is 3.44. The monoisotopic (exact) mass is 362 g/mol. The number of anilines is 1. The van der Waals surface area contributed by atoms with Gasteiger partial charge in [-0.25, -0.2) is 13.1 Å². The summed E-state index contributed by atoms with van der Waals surface area (Å²) in [6.07, 6.45) is 1.85. The third kappa shape index (κ3) is 4.46. The Kier molecular flexibility index (Phi) is 6.04. The van der Waals surface area contributed by atoms with Gasteiger partial charge in [-0.1, -0.05) is 36.2 Å². The van der Waals surface area contributed by atoms with Crippen LogP contribution in [-0.2, 0) is 10.0 Å². The van der Waals surface area contributed by atoms with E-state index in [0.717, 1.165) is 12.8 Å². The Morgan fingerprint density at radius 2 is 1.95 bits per heavy atom. The topological polar surface area (TPSA) is 72.2 Å². The van der Waals surface area contributed by atoms with E-state index < -0.39 is 10.0 Å². The van der Waals surface area contributed by atoms with Crippen LogP contribution in [0.5, 0.6) is 0 Å². The second kappa shape index (κ2) is 6.91. The van der Waals surface area contributed by atoms with E-state index in [1.54, 1.807) is 19.1 Å². The van der Waals surface area contributed by atoms with Crippen LogP contribution in [0.2, 0.25) is 0 Å². The van der Waals surface area contributed by atoms with Gasteiger partial charge in [-0.3, -0.25) is 0 Å². The van der Waals surface area contributed by atoms with E-state index in [2.05, 4.69) is 34.5 Å². The summed E-state index contributed by atoms with van der Waals surface area (Å²) in [6, 6.07) is 3.19. The quantitative estimate of drug-likeness (QED) is 0.761. The van der Waals surface area contributed by atoms with Crippen molar-refractivity contribution in [1.29, 1.82) is 0 Å². The van der Waals surface area contributed by atoms with Gasteiger partial charge in [-0.15, -0.1) is 0 Å². The number of benzene rings is 1. The van der Waals surface area contributed by atoms with Crippen molar-refractivity contribution < 1.29 is 8.42 Å². The molecule has 0 aliphatic rings. The van der Waals surface area contributed by atoms with Gasteiger partial charge in [-0.2, -0.15) is 0 Å². The second-order valence-electron chi connectivity index (χ2n) is 5.39. The van der Waals surface area contributed by atoms with Gasteiger partial charge >= 0.3 is 0 Å². The highest BCUT2D eigenvalue weighted by Gasteiger charge is 2.22. The molecule has 0 amide bonds. The van der Waals surface area contributed by atoms with Crippen LogP contribution < -0.4 is 10.5 Å². The Balaban J connectivity index is 3.00. The smallest absolute Gasteiger partial charge is 0.241 e. The van der Waals surface area contributed by atoms with E-state index >= 15 is 0 Å². The molecule has 1 rings (SSSR count). The maximum Gasteiger partial charge on any atom is 0.241 e. The summed E-state index contributed by atoms with van der Waals surface area (Å²) in [4.78, 5) is 0.236. The number of nitrogens with one attached hydrogen (secondary N) is 1. The van der Waals surface area contributed by atoms with Gasteiger partial charge in [0.25, 0.3) is 0 Å². The molecule has 20 heavy (non-hydrogen) atoms. The Morgan fingerprint density at radius 1 is 1.35 bits per heavy atom. The molecule has 114 valence electrons. The molecule has 0 aliphatic carbocycles. The zero-order valence-electron chi connectivity index (χ0n) is 12.4. The molecular formula is C14H23BrN2O2S. The summed E-state index contributed by atoms with van der Waals surface area (Å²) < 4.78 is 28.3. The van der Waals surface area contributed by atoms with Crippen LogP contribution in [0.4, 0.5) is 5.69 Å². The molecule has 1 aromatic rings. The first-order valence-electron chi connectivity index (χ1n) is 6.75. The average molecular weight is 363 g/mol. The van der Waals surface area contributed by atoms with Gasteiger partial charge in [0.1, 0.15) is 0 Å². The van der Waals surface area contributed by atoms with Crippen LogP contribution in [0.1, 0.15) is 39.2 Å². The molecule has 0 saturated carbocycles. The average Bonchev–Trinajstić information content (AvgIpc) is 2.32. The predicted molar refractivity (Wildman–Crippen MR) is 87.1 cm³/mol. The van der Waals surface area contributed by atoms with Crippen molar-refractivity contribution in [3.63, 3.8) is 0 Å². The molecule has 3 N–H and O–H groups in total. The molecule has 0 fully saturated rings. The zero-order valence-corrected chi connectivity index (χ0v) is 14.8. The van der Waals surface area contributed by atoms with Crippen LogP contribution in [0, 0.1) is 12.8 Å². The minimum absolute atomic E-state index is 0.102. The standard InChI is InChI=1S/C14H23BrN2O2S/c1-5-9(2)6-10(3)17-20(18,19)14-8-12(15)7-13(16)11(14)4/h7-10,17H,5-6,16H2,1-4H3.